The fourth-order valence-corrected chi connectivity index (χ4v) is 4.74. The lowest BCUT2D eigenvalue weighted by Gasteiger charge is -2.31. The van der Waals surface area contributed by atoms with Crippen LogP contribution in [0.2, 0.25) is 0 Å². The smallest absolute Gasteiger partial charge is 0.340 e. The largest absolute Gasteiger partial charge is 0.418 e. The second kappa shape index (κ2) is 11.2. The summed E-state index contributed by atoms with van der Waals surface area (Å²) in [5.74, 6) is -0.737. The number of pyridine rings is 1. The number of nitrogens with zero attached hydrogens (tertiary/aromatic N) is 5. The third kappa shape index (κ3) is 6.59. The maximum atomic E-state index is 13.7. The summed E-state index contributed by atoms with van der Waals surface area (Å²) in [4.78, 5) is 17.8. The summed E-state index contributed by atoms with van der Waals surface area (Å²) in [7, 11) is 2.04. The molecule has 1 saturated heterocycles. The van der Waals surface area contributed by atoms with Crippen LogP contribution in [0.5, 0.6) is 0 Å². The van der Waals surface area contributed by atoms with Crippen LogP contribution in [0.1, 0.15) is 29.8 Å². The van der Waals surface area contributed by atoms with Crippen LogP contribution in [0.25, 0.3) is 22.2 Å². The minimum Gasteiger partial charge on any atom is -0.340 e. The van der Waals surface area contributed by atoms with Crippen molar-refractivity contribution in [3.05, 3.63) is 77.7 Å². The van der Waals surface area contributed by atoms with Gasteiger partial charge in [0.2, 0.25) is 0 Å². The monoisotopic (exact) mass is 574 g/mol. The van der Waals surface area contributed by atoms with E-state index in [2.05, 4.69) is 20.1 Å². The van der Waals surface area contributed by atoms with E-state index in [4.69, 9.17) is 9.97 Å². The van der Waals surface area contributed by atoms with Gasteiger partial charge >= 0.3 is 12.4 Å². The molecular formula is C29H28F6N6. The Labute approximate surface area is 233 Å². The van der Waals surface area contributed by atoms with Crippen molar-refractivity contribution in [3.8, 4) is 11.3 Å². The highest BCUT2D eigenvalue weighted by atomic mass is 19.4. The Hall–Kier alpha value is -3.77. The number of aromatic nitrogens is 3. The Morgan fingerprint density at radius 3 is 2.27 bits per heavy atom. The lowest BCUT2D eigenvalue weighted by atomic mass is 10.0. The Morgan fingerprint density at radius 2 is 1.61 bits per heavy atom. The number of anilines is 2. The highest BCUT2D eigenvalue weighted by molar-refractivity contribution is 5.93. The summed E-state index contributed by atoms with van der Waals surface area (Å²) in [5, 5.41) is 3.73. The molecule has 4 aromatic rings. The Morgan fingerprint density at radius 1 is 0.902 bits per heavy atom. The third-order valence-corrected chi connectivity index (χ3v) is 7.26. The lowest BCUT2D eigenvalue weighted by molar-refractivity contribution is -0.146. The summed E-state index contributed by atoms with van der Waals surface area (Å²) in [6.07, 6.45) is -7.63. The number of fused-ring (bicyclic) bond motifs is 1. The molecule has 1 atom stereocenters. The molecule has 0 amide bonds. The number of rotatable bonds is 6. The highest BCUT2D eigenvalue weighted by Crippen LogP contribution is 2.38. The van der Waals surface area contributed by atoms with Gasteiger partial charge in [-0.2, -0.15) is 26.3 Å². The van der Waals surface area contributed by atoms with Gasteiger partial charge in [0.25, 0.3) is 0 Å². The van der Waals surface area contributed by atoms with Crippen molar-refractivity contribution in [1.29, 1.82) is 0 Å². The molecule has 1 N–H and O–H groups in total. The maximum Gasteiger partial charge on any atom is 0.418 e. The molecule has 0 radical (unpaired) electrons. The molecule has 3 heterocycles. The molecule has 0 bridgehead atoms. The maximum absolute atomic E-state index is 13.7. The first kappa shape index (κ1) is 28.7. The third-order valence-electron chi connectivity index (χ3n) is 7.26. The summed E-state index contributed by atoms with van der Waals surface area (Å²) in [6.45, 7) is 4.91. The number of hydrogen-bond acceptors (Lipinski definition) is 6. The molecule has 12 heteroatoms. The van der Waals surface area contributed by atoms with Crippen molar-refractivity contribution in [3.63, 3.8) is 0 Å². The predicted octanol–water partition coefficient (Wildman–Crippen LogP) is 6.87. The van der Waals surface area contributed by atoms with Gasteiger partial charge in [-0.25, -0.2) is 9.97 Å². The zero-order valence-electron chi connectivity index (χ0n) is 22.4. The molecule has 2 aromatic carbocycles. The van der Waals surface area contributed by atoms with E-state index in [9.17, 15) is 26.3 Å². The van der Waals surface area contributed by atoms with Gasteiger partial charge in [0.05, 0.1) is 29.2 Å². The van der Waals surface area contributed by atoms with Crippen LogP contribution in [0.3, 0.4) is 0 Å². The summed E-state index contributed by atoms with van der Waals surface area (Å²) in [6, 6.07) is 12.9. The van der Waals surface area contributed by atoms with Crippen LogP contribution in [-0.4, -0.2) is 64.2 Å². The molecule has 41 heavy (non-hydrogen) atoms. The van der Waals surface area contributed by atoms with Gasteiger partial charge in [0.1, 0.15) is 11.6 Å². The molecule has 2 aromatic heterocycles. The average molecular weight is 575 g/mol. The first-order valence-electron chi connectivity index (χ1n) is 13.1. The molecule has 0 spiro atoms. The Kier molecular flexibility index (Phi) is 7.89. The Bertz CT molecular complexity index is 1510. The summed E-state index contributed by atoms with van der Waals surface area (Å²) >= 11 is 0. The number of benzene rings is 2. The van der Waals surface area contributed by atoms with E-state index < -0.39 is 23.8 Å². The molecule has 1 unspecified atom stereocenters. The van der Waals surface area contributed by atoms with Crippen molar-refractivity contribution >= 4 is 22.4 Å². The topological polar surface area (TPSA) is 57.2 Å². The molecule has 0 aliphatic carbocycles. The summed E-state index contributed by atoms with van der Waals surface area (Å²) < 4.78 is 80.6. The standard InChI is InChI=1S/C29H28F6N6/c1-18(28(30,31)32)19-5-8-21(9-6-19)37-27-22-10-7-20(26-23(29(33,34)35)4-3-11-36-26)16-24(22)38-25(39-27)17-41-14-12-40(2)13-15-41/h3-11,16,18H,12-15,17H2,1-2H3,(H,37,38,39). The van der Waals surface area contributed by atoms with Gasteiger partial charge < -0.3 is 10.2 Å². The SMILES string of the molecule is CC(c1ccc(Nc2nc(CN3CCN(C)CC3)nc3cc(-c4ncccc4C(F)(F)F)ccc23)cc1)C(F)(F)F. The van der Waals surface area contributed by atoms with Gasteiger partial charge in [-0.3, -0.25) is 9.88 Å². The first-order chi connectivity index (χ1) is 19.4. The van der Waals surface area contributed by atoms with Crippen molar-refractivity contribution < 1.29 is 26.3 Å². The van der Waals surface area contributed by atoms with Gasteiger partial charge in [-0.05, 0) is 55.9 Å². The van der Waals surface area contributed by atoms with Gasteiger partial charge in [0, 0.05) is 49.0 Å². The number of alkyl halides is 6. The minimum absolute atomic E-state index is 0.131. The predicted molar refractivity (Wildman–Crippen MR) is 145 cm³/mol. The highest BCUT2D eigenvalue weighted by Gasteiger charge is 2.37. The quantitative estimate of drug-likeness (QED) is 0.254. The molecule has 216 valence electrons. The van der Waals surface area contributed by atoms with Gasteiger partial charge in [0.15, 0.2) is 0 Å². The number of hydrogen-bond donors (Lipinski definition) is 1. The van der Waals surface area contributed by atoms with E-state index in [0.717, 1.165) is 39.2 Å². The second-order valence-electron chi connectivity index (χ2n) is 10.2. The molecule has 1 aliphatic heterocycles. The van der Waals surface area contributed by atoms with Crippen molar-refractivity contribution in [2.45, 2.75) is 31.7 Å². The molecule has 0 saturated carbocycles. The first-order valence-corrected chi connectivity index (χ1v) is 13.1. The van der Waals surface area contributed by atoms with E-state index >= 15 is 0 Å². The van der Waals surface area contributed by atoms with Crippen LogP contribution < -0.4 is 5.32 Å². The Balaban J connectivity index is 1.53. The normalized spacial score (nSPS) is 16.2. The van der Waals surface area contributed by atoms with E-state index in [-0.39, 0.29) is 16.8 Å². The van der Waals surface area contributed by atoms with Crippen molar-refractivity contribution in [2.75, 3.05) is 38.5 Å². The van der Waals surface area contributed by atoms with E-state index in [1.807, 2.05) is 7.05 Å². The van der Waals surface area contributed by atoms with E-state index in [0.29, 0.717) is 34.8 Å². The molecule has 5 rings (SSSR count). The molecular weight excluding hydrogens is 546 g/mol. The lowest BCUT2D eigenvalue weighted by Crippen LogP contribution is -2.44. The number of piperazine rings is 1. The van der Waals surface area contributed by atoms with Crippen LogP contribution in [0.4, 0.5) is 37.8 Å². The average Bonchev–Trinajstić information content (AvgIpc) is 2.93. The minimum atomic E-state index is -4.58. The van der Waals surface area contributed by atoms with Gasteiger partial charge in [-0.15, -0.1) is 0 Å². The zero-order chi connectivity index (χ0) is 29.4. The fraction of sp³-hybridized carbons (Fsp3) is 0.345. The van der Waals surface area contributed by atoms with E-state index in [1.54, 1.807) is 24.3 Å². The zero-order valence-corrected chi connectivity index (χ0v) is 22.4. The molecule has 1 aliphatic rings. The molecule has 6 nitrogen and oxygen atoms in total. The second-order valence-corrected chi connectivity index (χ2v) is 10.2. The number of nitrogens with one attached hydrogen (secondary N) is 1. The fourth-order valence-electron chi connectivity index (χ4n) is 4.74. The number of likely N-dealkylation sites (N-methyl/N-ethyl adjacent to an activating group) is 1. The van der Waals surface area contributed by atoms with Crippen LogP contribution in [0, 0.1) is 0 Å². The van der Waals surface area contributed by atoms with Crippen LogP contribution in [0.15, 0.2) is 60.8 Å². The van der Waals surface area contributed by atoms with Crippen LogP contribution in [-0.2, 0) is 12.7 Å². The van der Waals surface area contributed by atoms with Gasteiger partial charge in [-0.1, -0.05) is 18.2 Å². The van der Waals surface area contributed by atoms with Crippen LogP contribution >= 0.6 is 0 Å². The number of halogens is 6. The van der Waals surface area contributed by atoms with Crippen molar-refractivity contribution in [2.24, 2.45) is 0 Å². The molecule has 1 fully saturated rings. The summed E-state index contributed by atoms with van der Waals surface area (Å²) in [5.41, 5.74) is 0.271. The van der Waals surface area contributed by atoms with E-state index in [1.165, 1.54) is 30.5 Å². The van der Waals surface area contributed by atoms with Crippen molar-refractivity contribution in [1.82, 2.24) is 24.8 Å².